The summed E-state index contributed by atoms with van der Waals surface area (Å²) in [5, 5.41) is 2.71. The highest BCUT2D eigenvalue weighted by Crippen LogP contribution is 2.50. The number of hydrogen-bond donors (Lipinski definition) is 0. The van der Waals surface area contributed by atoms with E-state index in [0.29, 0.717) is 39.2 Å². The Balaban J connectivity index is 1.21. The first-order chi connectivity index (χ1) is 39.5. The van der Waals surface area contributed by atoms with Crippen molar-refractivity contribution in [2.24, 2.45) is 0 Å². The minimum Gasteiger partial charge on any atom is -0.452 e. The molecule has 0 saturated heterocycles. The van der Waals surface area contributed by atoms with Crippen LogP contribution in [-0.4, -0.2) is 11.3 Å². The van der Waals surface area contributed by atoms with Crippen molar-refractivity contribution in [1.82, 2.24) is 4.57 Å². The SMILES string of the molecule is [2H]C([2H])([2H])c1cc2c3c(c1)N(c1cc(C(C([2H])([2H])[2H])(C([2H])([2H])[2H])C([2H])([2H])[2H])cc4c1oc1c(-n5c6ccccc6c6ccccc65)cccc14)c1ccc(C(C)(C)C)cc1B3c1cc(-c3ccccc3)ccc1N2c1ccc(C(C)(C)C)cc1. The Morgan fingerprint density at radius 2 is 1.01 bits per heavy atom. The molecule has 0 N–H and O–H groups in total. The molecule has 72 heavy (non-hydrogen) atoms. The van der Waals surface area contributed by atoms with Gasteiger partial charge >= 0.3 is 0 Å². The molecule has 0 fully saturated rings. The van der Waals surface area contributed by atoms with E-state index in [-0.39, 0.29) is 33.1 Å². The van der Waals surface area contributed by atoms with E-state index in [1.54, 1.807) is 12.1 Å². The van der Waals surface area contributed by atoms with E-state index in [0.717, 1.165) is 66.4 Å². The molecular weight excluding hydrogens is 874 g/mol. The molecule has 0 unspecified atom stereocenters. The first-order valence-corrected chi connectivity index (χ1v) is 24.7. The van der Waals surface area contributed by atoms with Crippen LogP contribution in [-0.2, 0) is 16.2 Å². The number of aryl methyl sites for hydroxylation is 1. The molecule has 2 aromatic heterocycles. The second-order valence-corrected chi connectivity index (χ2v) is 21.7. The van der Waals surface area contributed by atoms with Crippen molar-refractivity contribution in [3.8, 4) is 16.8 Å². The number of nitrogens with zero attached hydrogens (tertiary/aromatic N) is 3. The van der Waals surface area contributed by atoms with Crippen molar-refractivity contribution in [3.05, 3.63) is 204 Å². The predicted molar refractivity (Wildman–Crippen MR) is 308 cm³/mol. The zero-order chi connectivity index (χ0) is 59.6. The molecule has 2 aliphatic heterocycles. The number of anilines is 6. The van der Waals surface area contributed by atoms with Gasteiger partial charge in [-0.25, -0.2) is 0 Å². The standard InChI is InChI=1S/C67H60BN3O/c1-41-35-59-62-60(36-41)71(61-40-46(67(8,9)10)38-51-50-23-18-26-58(63(50)72-64(51)61)70-54-24-16-14-21-48(54)49-22-15-17-25-55(49)70)57-34-30-45(66(5,6)7)39-53(57)68(62)52-37-43(42-19-12-11-13-20-42)27-33-56(52)69(59)47-31-28-44(29-32-47)65(2,3)4/h11-40H,1-10H3/i1D3,8D3,9D3,10D3. The summed E-state index contributed by atoms with van der Waals surface area (Å²) in [7, 11) is 0. The van der Waals surface area contributed by atoms with Gasteiger partial charge in [0.15, 0.2) is 11.2 Å². The minimum absolute atomic E-state index is 0.00269. The van der Waals surface area contributed by atoms with E-state index in [9.17, 15) is 4.11 Å². The fourth-order valence-electron chi connectivity index (χ4n) is 11.5. The maximum atomic E-state index is 9.20. The van der Waals surface area contributed by atoms with Crippen LogP contribution >= 0.6 is 0 Å². The Morgan fingerprint density at radius 3 is 1.69 bits per heavy atom. The zero-order valence-electron chi connectivity index (χ0n) is 53.1. The lowest BCUT2D eigenvalue weighted by atomic mass is 9.33. The second kappa shape index (κ2) is 15.6. The maximum absolute atomic E-state index is 9.20. The van der Waals surface area contributed by atoms with Gasteiger partial charge in [-0.05, 0) is 140 Å². The fourth-order valence-corrected chi connectivity index (χ4v) is 11.5. The zero-order valence-corrected chi connectivity index (χ0v) is 41.1. The molecule has 352 valence electrons. The normalized spacial score (nSPS) is 16.8. The number of aromatic nitrogens is 1. The highest BCUT2D eigenvalue weighted by Gasteiger charge is 2.45. The smallest absolute Gasteiger partial charge is 0.252 e. The van der Waals surface area contributed by atoms with Gasteiger partial charge in [0.2, 0.25) is 0 Å². The Bertz CT molecular complexity index is 4390. The summed E-state index contributed by atoms with van der Waals surface area (Å²) >= 11 is 0. The van der Waals surface area contributed by atoms with Crippen LogP contribution < -0.4 is 26.2 Å². The largest absolute Gasteiger partial charge is 0.452 e. The van der Waals surface area contributed by atoms with Gasteiger partial charge in [-0.1, -0.05) is 177 Å². The van der Waals surface area contributed by atoms with Gasteiger partial charge in [0.25, 0.3) is 6.71 Å². The Labute approximate surface area is 441 Å². The third-order valence-electron chi connectivity index (χ3n) is 15.1. The van der Waals surface area contributed by atoms with Gasteiger partial charge in [0.05, 0.1) is 22.4 Å². The Hall–Kier alpha value is -7.76. The van der Waals surface area contributed by atoms with E-state index in [1.165, 1.54) is 12.1 Å². The van der Waals surface area contributed by atoms with Crippen LogP contribution in [0.2, 0.25) is 0 Å². The van der Waals surface area contributed by atoms with Crippen molar-refractivity contribution in [1.29, 1.82) is 0 Å². The first kappa shape index (κ1) is 33.0. The third-order valence-corrected chi connectivity index (χ3v) is 15.1. The highest BCUT2D eigenvalue weighted by atomic mass is 16.3. The van der Waals surface area contributed by atoms with Crippen molar-refractivity contribution < 1.29 is 20.9 Å². The van der Waals surface area contributed by atoms with Crippen molar-refractivity contribution >= 4 is 101 Å². The van der Waals surface area contributed by atoms with Gasteiger partial charge in [0.1, 0.15) is 0 Å². The van der Waals surface area contributed by atoms with Crippen LogP contribution in [0.1, 0.15) is 101 Å². The molecule has 0 saturated carbocycles. The molecule has 0 radical (unpaired) electrons. The van der Waals surface area contributed by atoms with E-state index < -0.39 is 45.1 Å². The number of hydrogen-bond acceptors (Lipinski definition) is 3. The summed E-state index contributed by atoms with van der Waals surface area (Å²) in [4.78, 5) is 3.98. The topological polar surface area (TPSA) is 24.6 Å². The van der Waals surface area contributed by atoms with Gasteiger partial charge in [-0.15, -0.1) is 0 Å². The van der Waals surface area contributed by atoms with E-state index in [2.05, 4.69) is 124 Å². The van der Waals surface area contributed by atoms with Crippen LogP contribution in [0.3, 0.4) is 0 Å². The number of rotatable bonds is 4. The molecule has 0 amide bonds. The van der Waals surface area contributed by atoms with E-state index in [4.69, 9.17) is 16.8 Å². The van der Waals surface area contributed by atoms with Crippen LogP contribution in [0.15, 0.2) is 186 Å². The monoisotopic (exact) mass is 946 g/mol. The average Bonchev–Trinajstić information content (AvgIpc) is 1.00. The number of benzene rings is 9. The third kappa shape index (κ3) is 6.73. The van der Waals surface area contributed by atoms with Gasteiger partial charge in [-0.2, -0.15) is 0 Å². The summed E-state index contributed by atoms with van der Waals surface area (Å²) in [5.74, 6) is 0. The molecule has 0 bridgehead atoms. The Morgan fingerprint density at radius 1 is 0.417 bits per heavy atom. The van der Waals surface area contributed by atoms with Crippen molar-refractivity contribution in [2.45, 2.75) is 85.2 Å². The predicted octanol–water partition coefficient (Wildman–Crippen LogP) is 16.6. The van der Waals surface area contributed by atoms with Crippen LogP contribution in [0.25, 0.3) is 60.6 Å². The lowest BCUT2D eigenvalue weighted by Gasteiger charge is -2.45. The van der Waals surface area contributed by atoms with E-state index >= 15 is 0 Å². The van der Waals surface area contributed by atoms with Crippen LogP contribution in [0.4, 0.5) is 34.1 Å². The molecule has 9 aromatic carbocycles. The maximum Gasteiger partial charge on any atom is 0.252 e. The number of furan rings is 1. The lowest BCUT2D eigenvalue weighted by Crippen LogP contribution is -2.61. The van der Waals surface area contributed by atoms with Gasteiger partial charge in [-0.3, -0.25) is 0 Å². The Kier molecular flexibility index (Phi) is 7.16. The van der Waals surface area contributed by atoms with Crippen LogP contribution in [0, 0.1) is 6.85 Å². The molecule has 4 heterocycles. The highest BCUT2D eigenvalue weighted by molar-refractivity contribution is 7.00. The molecule has 5 heteroatoms. The summed E-state index contributed by atoms with van der Waals surface area (Å²) < 4.78 is 119. The molecular formula is C67H60BN3O. The first-order valence-electron chi connectivity index (χ1n) is 30.7. The van der Waals surface area contributed by atoms with Crippen molar-refractivity contribution in [3.63, 3.8) is 0 Å². The molecule has 0 spiro atoms. The minimum atomic E-state index is -3.64. The molecule has 13 rings (SSSR count). The lowest BCUT2D eigenvalue weighted by molar-refractivity contribution is 0.590. The number of fused-ring (bicyclic) bond motifs is 10. The molecule has 0 aliphatic carbocycles. The van der Waals surface area contributed by atoms with E-state index in [1.807, 2.05) is 89.8 Å². The summed E-state index contributed by atoms with van der Waals surface area (Å²) in [6.45, 7) is -1.30. The quantitative estimate of drug-likeness (QED) is 0.164. The van der Waals surface area contributed by atoms with Crippen LogP contribution in [0.5, 0.6) is 0 Å². The average molecular weight is 946 g/mol. The molecule has 11 aromatic rings. The molecule has 0 atom stereocenters. The molecule has 4 nitrogen and oxygen atoms in total. The fraction of sp³-hybridized carbons (Fsp3) is 0.194. The summed E-state index contributed by atoms with van der Waals surface area (Å²) in [6, 6.07) is 58.8. The second-order valence-electron chi connectivity index (χ2n) is 21.7. The van der Waals surface area contributed by atoms with Crippen molar-refractivity contribution in [2.75, 3.05) is 9.80 Å². The summed E-state index contributed by atoms with van der Waals surface area (Å²) in [5.41, 5.74) is 8.24. The summed E-state index contributed by atoms with van der Waals surface area (Å²) in [6.07, 6.45) is 0. The van der Waals surface area contributed by atoms with Gasteiger partial charge in [0, 0.05) is 66.4 Å². The molecule has 2 aliphatic rings. The van der Waals surface area contributed by atoms with Gasteiger partial charge < -0.3 is 18.8 Å². The number of para-hydroxylation sites is 3.